The van der Waals surface area contributed by atoms with Crippen LogP contribution in [0.15, 0.2) is 48.7 Å². The molecule has 2 heterocycles. The van der Waals surface area contributed by atoms with Crippen molar-refractivity contribution in [3.8, 4) is 0 Å². The SMILES string of the molecule is CN(c1ccccc1)c1ccc(C2CN(C(=O)OC(C)(C)C)C2)cn1. The van der Waals surface area contributed by atoms with Gasteiger partial charge < -0.3 is 14.5 Å². The second-order valence-corrected chi connectivity index (χ2v) is 7.43. The Balaban J connectivity index is 1.58. The van der Waals surface area contributed by atoms with Crippen molar-refractivity contribution in [2.75, 3.05) is 25.0 Å². The molecule has 1 saturated heterocycles. The van der Waals surface area contributed by atoms with Crippen LogP contribution in [-0.2, 0) is 4.74 Å². The summed E-state index contributed by atoms with van der Waals surface area (Å²) in [4.78, 5) is 20.4. The number of likely N-dealkylation sites (tertiary alicyclic amines) is 1. The summed E-state index contributed by atoms with van der Waals surface area (Å²) in [5, 5.41) is 0. The van der Waals surface area contributed by atoms with E-state index in [1.807, 2.05) is 58.3 Å². The topological polar surface area (TPSA) is 45.7 Å². The van der Waals surface area contributed by atoms with Crippen LogP contribution in [0.2, 0.25) is 0 Å². The van der Waals surface area contributed by atoms with Gasteiger partial charge in [-0.25, -0.2) is 9.78 Å². The van der Waals surface area contributed by atoms with Crippen LogP contribution >= 0.6 is 0 Å². The van der Waals surface area contributed by atoms with Crippen LogP contribution in [0.3, 0.4) is 0 Å². The lowest BCUT2D eigenvalue weighted by atomic mass is 9.93. The highest BCUT2D eigenvalue weighted by molar-refractivity contribution is 5.69. The maximum atomic E-state index is 12.0. The third-order valence-electron chi connectivity index (χ3n) is 4.26. The van der Waals surface area contributed by atoms with Crippen molar-refractivity contribution < 1.29 is 9.53 Å². The van der Waals surface area contributed by atoms with Crippen molar-refractivity contribution in [3.63, 3.8) is 0 Å². The number of nitrogens with zero attached hydrogens (tertiary/aromatic N) is 3. The fourth-order valence-corrected chi connectivity index (χ4v) is 2.79. The Morgan fingerprint density at radius 3 is 2.40 bits per heavy atom. The van der Waals surface area contributed by atoms with Gasteiger partial charge in [-0.1, -0.05) is 24.3 Å². The number of hydrogen-bond donors (Lipinski definition) is 0. The average Bonchev–Trinajstić information content (AvgIpc) is 2.52. The number of para-hydroxylation sites is 1. The lowest BCUT2D eigenvalue weighted by Crippen LogP contribution is -2.50. The molecule has 1 amide bonds. The van der Waals surface area contributed by atoms with E-state index >= 15 is 0 Å². The minimum Gasteiger partial charge on any atom is -0.444 e. The molecule has 1 aromatic carbocycles. The lowest BCUT2D eigenvalue weighted by molar-refractivity contribution is 0.00817. The molecule has 25 heavy (non-hydrogen) atoms. The zero-order valence-electron chi connectivity index (χ0n) is 15.3. The zero-order chi connectivity index (χ0) is 18.0. The molecule has 0 atom stereocenters. The molecule has 5 heteroatoms. The van der Waals surface area contributed by atoms with E-state index in [1.54, 1.807) is 4.90 Å². The minimum atomic E-state index is -0.451. The van der Waals surface area contributed by atoms with E-state index in [9.17, 15) is 4.79 Å². The Bertz CT molecular complexity index is 717. The summed E-state index contributed by atoms with van der Waals surface area (Å²) < 4.78 is 5.39. The summed E-state index contributed by atoms with van der Waals surface area (Å²) in [7, 11) is 2.00. The summed E-state index contributed by atoms with van der Waals surface area (Å²) in [5.74, 6) is 1.23. The maximum absolute atomic E-state index is 12.0. The number of aromatic nitrogens is 1. The van der Waals surface area contributed by atoms with Gasteiger partial charge in [0.2, 0.25) is 0 Å². The summed E-state index contributed by atoms with van der Waals surface area (Å²) >= 11 is 0. The summed E-state index contributed by atoms with van der Waals surface area (Å²) in [6.45, 7) is 7.02. The van der Waals surface area contributed by atoms with Crippen LogP contribution in [0.4, 0.5) is 16.3 Å². The fraction of sp³-hybridized carbons (Fsp3) is 0.400. The smallest absolute Gasteiger partial charge is 0.410 e. The number of ether oxygens (including phenoxy) is 1. The number of carbonyl (C=O) groups excluding carboxylic acids is 1. The predicted octanol–water partition coefficient (Wildman–Crippen LogP) is 4.18. The Morgan fingerprint density at radius 2 is 1.84 bits per heavy atom. The van der Waals surface area contributed by atoms with Crippen LogP contribution in [-0.4, -0.2) is 41.7 Å². The highest BCUT2D eigenvalue weighted by atomic mass is 16.6. The van der Waals surface area contributed by atoms with Crippen molar-refractivity contribution in [1.29, 1.82) is 0 Å². The second-order valence-electron chi connectivity index (χ2n) is 7.43. The molecule has 0 aliphatic carbocycles. The van der Waals surface area contributed by atoms with E-state index in [4.69, 9.17) is 4.74 Å². The fourth-order valence-electron chi connectivity index (χ4n) is 2.79. The molecule has 132 valence electrons. The first kappa shape index (κ1) is 17.3. The average molecular weight is 339 g/mol. The predicted molar refractivity (Wildman–Crippen MR) is 99.3 cm³/mol. The maximum Gasteiger partial charge on any atom is 0.410 e. The first-order valence-electron chi connectivity index (χ1n) is 8.56. The molecule has 0 spiro atoms. The van der Waals surface area contributed by atoms with Gasteiger partial charge in [0.25, 0.3) is 0 Å². The van der Waals surface area contributed by atoms with Gasteiger partial charge in [-0.15, -0.1) is 0 Å². The summed E-state index contributed by atoms with van der Waals surface area (Å²) in [6.07, 6.45) is 1.67. The van der Waals surface area contributed by atoms with Crippen LogP contribution in [0.5, 0.6) is 0 Å². The molecule has 0 bridgehead atoms. The molecule has 5 nitrogen and oxygen atoms in total. The minimum absolute atomic E-state index is 0.239. The molecule has 0 N–H and O–H groups in total. The van der Waals surface area contributed by atoms with Crippen molar-refractivity contribution in [2.24, 2.45) is 0 Å². The zero-order valence-corrected chi connectivity index (χ0v) is 15.3. The molecule has 1 aliphatic heterocycles. The Morgan fingerprint density at radius 1 is 1.16 bits per heavy atom. The van der Waals surface area contributed by atoms with Crippen LogP contribution in [0, 0.1) is 0 Å². The van der Waals surface area contributed by atoms with Crippen LogP contribution in [0.25, 0.3) is 0 Å². The van der Waals surface area contributed by atoms with Gasteiger partial charge in [-0.2, -0.15) is 0 Å². The van der Waals surface area contributed by atoms with Gasteiger partial charge in [0, 0.05) is 37.9 Å². The highest BCUT2D eigenvalue weighted by Crippen LogP contribution is 2.29. The van der Waals surface area contributed by atoms with Crippen molar-refractivity contribution in [3.05, 3.63) is 54.2 Å². The van der Waals surface area contributed by atoms with Gasteiger partial charge in [0.05, 0.1) is 0 Å². The van der Waals surface area contributed by atoms with E-state index in [2.05, 4.69) is 28.1 Å². The molecule has 0 unspecified atom stereocenters. The molecule has 1 fully saturated rings. The summed E-state index contributed by atoms with van der Waals surface area (Å²) in [5.41, 5.74) is 1.81. The number of amides is 1. The van der Waals surface area contributed by atoms with Crippen LogP contribution in [0.1, 0.15) is 32.3 Å². The van der Waals surface area contributed by atoms with E-state index in [-0.39, 0.29) is 6.09 Å². The van der Waals surface area contributed by atoms with Gasteiger partial charge in [0.1, 0.15) is 11.4 Å². The number of pyridine rings is 1. The van der Waals surface area contributed by atoms with E-state index in [1.165, 1.54) is 0 Å². The second kappa shape index (κ2) is 6.75. The van der Waals surface area contributed by atoms with E-state index in [0.717, 1.165) is 17.1 Å². The molecule has 3 rings (SSSR count). The summed E-state index contributed by atoms with van der Waals surface area (Å²) in [6, 6.07) is 14.3. The Kier molecular flexibility index (Phi) is 4.66. The van der Waals surface area contributed by atoms with Gasteiger partial charge >= 0.3 is 6.09 Å². The van der Waals surface area contributed by atoms with E-state index < -0.39 is 5.60 Å². The monoisotopic (exact) mass is 339 g/mol. The van der Waals surface area contributed by atoms with E-state index in [0.29, 0.717) is 19.0 Å². The number of hydrogen-bond acceptors (Lipinski definition) is 4. The molecular formula is C20H25N3O2. The highest BCUT2D eigenvalue weighted by Gasteiger charge is 2.34. The molecule has 2 aromatic rings. The van der Waals surface area contributed by atoms with Gasteiger partial charge in [0.15, 0.2) is 0 Å². The van der Waals surface area contributed by atoms with Gasteiger partial charge in [-0.05, 0) is 44.5 Å². The molecular weight excluding hydrogens is 314 g/mol. The first-order chi connectivity index (χ1) is 11.8. The third kappa shape index (κ3) is 4.10. The normalized spacial score (nSPS) is 14.8. The first-order valence-corrected chi connectivity index (χ1v) is 8.56. The number of anilines is 2. The van der Waals surface area contributed by atoms with Gasteiger partial charge in [-0.3, -0.25) is 0 Å². The standard InChI is InChI=1S/C20H25N3O2/c1-20(2,3)25-19(24)23-13-16(14-23)15-10-11-18(21-12-15)22(4)17-8-6-5-7-9-17/h5-12,16H,13-14H2,1-4H3. The van der Waals surface area contributed by atoms with Crippen LogP contribution < -0.4 is 4.90 Å². The molecule has 1 aliphatic rings. The number of benzene rings is 1. The third-order valence-corrected chi connectivity index (χ3v) is 4.26. The molecule has 0 radical (unpaired) electrons. The Labute approximate surface area is 149 Å². The quantitative estimate of drug-likeness (QED) is 0.841. The van der Waals surface area contributed by atoms with Crippen molar-refractivity contribution >= 4 is 17.6 Å². The number of carbonyl (C=O) groups is 1. The largest absolute Gasteiger partial charge is 0.444 e. The molecule has 0 saturated carbocycles. The van der Waals surface area contributed by atoms with Crippen molar-refractivity contribution in [1.82, 2.24) is 9.88 Å². The molecule has 1 aromatic heterocycles. The number of rotatable bonds is 3. The lowest BCUT2D eigenvalue weighted by Gasteiger charge is -2.40. The van der Waals surface area contributed by atoms with Crippen molar-refractivity contribution in [2.45, 2.75) is 32.3 Å². The Hall–Kier alpha value is -2.56.